The number of rotatable bonds is 1. The summed E-state index contributed by atoms with van der Waals surface area (Å²) < 4.78 is 0. The van der Waals surface area contributed by atoms with Crippen molar-refractivity contribution in [1.29, 1.82) is 0 Å². The van der Waals surface area contributed by atoms with E-state index in [2.05, 4.69) is 6.92 Å². The minimum atomic E-state index is 0.0648. The lowest BCUT2D eigenvalue weighted by molar-refractivity contribution is -0.112. The fraction of sp³-hybridized carbons (Fsp3) is 0.714. The van der Waals surface area contributed by atoms with Crippen LogP contribution in [0.3, 0.4) is 0 Å². The SMILES string of the molecule is CC(=S)C1CC(C)SC1=O. The maximum absolute atomic E-state index is 11.1. The summed E-state index contributed by atoms with van der Waals surface area (Å²) in [6.07, 6.45) is 0.943. The predicted octanol–water partition coefficient (Wildman–Crippen LogP) is 2.04. The first kappa shape index (κ1) is 8.21. The largest absolute Gasteiger partial charge is 0.286 e. The van der Waals surface area contributed by atoms with Crippen LogP contribution >= 0.6 is 24.0 Å². The van der Waals surface area contributed by atoms with Gasteiger partial charge in [0.25, 0.3) is 0 Å². The van der Waals surface area contributed by atoms with Gasteiger partial charge in [-0.3, -0.25) is 4.79 Å². The highest BCUT2D eigenvalue weighted by molar-refractivity contribution is 8.14. The van der Waals surface area contributed by atoms with Crippen molar-refractivity contribution in [2.75, 3.05) is 0 Å². The van der Waals surface area contributed by atoms with Gasteiger partial charge in [-0.1, -0.05) is 30.9 Å². The first-order chi connectivity index (χ1) is 4.61. The third-order valence-electron chi connectivity index (χ3n) is 1.66. The molecule has 0 aromatic rings. The Bertz CT molecular complexity index is 176. The van der Waals surface area contributed by atoms with E-state index >= 15 is 0 Å². The molecule has 1 aliphatic heterocycles. The number of thioether (sulfide) groups is 1. The molecule has 2 unspecified atom stereocenters. The van der Waals surface area contributed by atoms with E-state index in [1.165, 1.54) is 11.8 Å². The molecule has 1 nitrogen and oxygen atoms in total. The molecule has 0 aromatic carbocycles. The third-order valence-corrected chi connectivity index (χ3v) is 3.06. The fourth-order valence-corrected chi connectivity index (χ4v) is 2.49. The summed E-state index contributed by atoms with van der Waals surface area (Å²) in [4.78, 5) is 12.0. The van der Waals surface area contributed by atoms with Gasteiger partial charge < -0.3 is 0 Å². The zero-order chi connectivity index (χ0) is 7.72. The van der Waals surface area contributed by atoms with Gasteiger partial charge in [-0.25, -0.2) is 0 Å². The Balaban J connectivity index is 2.63. The van der Waals surface area contributed by atoms with Crippen molar-refractivity contribution in [3.63, 3.8) is 0 Å². The van der Waals surface area contributed by atoms with E-state index in [9.17, 15) is 4.79 Å². The average molecular weight is 174 g/mol. The average Bonchev–Trinajstić information content (AvgIpc) is 2.10. The highest BCUT2D eigenvalue weighted by Gasteiger charge is 2.31. The van der Waals surface area contributed by atoms with Crippen LogP contribution in [0, 0.1) is 5.92 Å². The molecule has 0 aromatic heterocycles. The lowest BCUT2D eigenvalue weighted by atomic mass is 10.0. The van der Waals surface area contributed by atoms with Crippen LogP contribution in [-0.4, -0.2) is 15.2 Å². The van der Waals surface area contributed by atoms with E-state index in [4.69, 9.17) is 12.2 Å². The van der Waals surface area contributed by atoms with E-state index < -0.39 is 0 Å². The second-order valence-electron chi connectivity index (χ2n) is 2.65. The van der Waals surface area contributed by atoms with E-state index in [1.807, 2.05) is 6.92 Å². The quantitative estimate of drug-likeness (QED) is 0.566. The van der Waals surface area contributed by atoms with Crippen LogP contribution in [0.5, 0.6) is 0 Å². The minimum Gasteiger partial charge on any atom is -0.286 e. The summed E-state index contributed by atoms with van der Waals surface area (Å²) in [7, 11) is 0. The number of carbonyl (C=O) groups excluding carboxylic acids is 1. The summed E-state index contributed by atoms with van der Waals surface area (Å²) in [5, 5.41) is 0.732. The van der Waals surface area contributed by atoms with Gasteiger partial charge in [-0.05, 0) is 13.3 Å². The Labute approximate surface area is 70.6 Å². The number of hydrogen-bond acceptors (Lipinski definition) is 3. The number of hydrogen-bond donors (Lipinski definition) is 0. The van der Waals surface area contributed by atoms with Gasteiger partial charge in [-0.2, -0.15) is 0 Å². The Morgan fingerprint density at radius 1 is 1.80 bits per heavy atom. The van der Waals surface area contributed by atoms with Crippen molar-refractivity contribution in [1.82, 2.24) is 0 Å². The summed E-state index contributed by atoms with van der Waals surface area (Å²) >= 11 is 6.38. The zero-order valence-electron chi connectivity index (χ0n) is 6.09. The van der Waals surface area contributed by atoms with E-state index in [-0.39, 0.29) is 11.0 Å². The van der Waals surface area contributed by atoms with Gasteiger partial charge in [0, 0.05) is 10.1 Å². The second kappa shape index (κ2) is 3.01. The monoisotopic (exact) mass is 174 g/mol. The Morgan fingerprint density at radius 3 is 2.60 bits per heavy atom. The van der Waals surface area contributed by atoms with E-state index in [1.54, 1.807) is 0 Å². The molecule has 0 saturated carbocycles. The predicted molar refractivity (Wildman–Crippen MR) is 48.4 cm³/mol. The topological polar surface area (TPSA) is 17.1 Å². The van der Waals surface area contributed by atoms with Crippen LogP contribution < -0.4 is 0 Å². The highest BCUT2D eigenvalue weighted by Crippen LogP contribution is 2.33. The molecule has 1 aliphatic rings. The molecule has 0 spiro atoms. The molecular formula is C7H10OS2. The maximum Gasteiger partial charge on any atom is 0.197 e. The Hall–Kier alpha value is 0.110. The van der Waals surface area contributed by atoms with Crippen molar-refractivity contribution in [3.05, 3.63) is 0 Å². The standard InChI is InChI=1S/C7H10OS2/c1-4-3-6(5(2)9)7(8)10-4/h4,6H,3H2,1-2H3. The lowest BCUT2D eigenvalue weighted by Crippen LogP contribution is -2.12. The molecule has 1 rings (SSSR count). The number of thiocarbonyl (C=S) groups is 1. The summed E-state index contributed by atoms with van der Waals surface area (Å²) in [6, 6.07) is 0. The molecule has 0 aliphatic carbocycles. The molecule has 56 valence electrons. The van der Waals surface area contributed by atoms with Crippen molar-refractivity contribution < 1.29 is 4.79 Å². The fourth-order valence-electron chi connectivity index (χ4n) is 1.09. The molecule has 0 amide bonds. The van der Waals surface area contributed by atoms with Gasteiger partial charge in [-0.15, -0.1) is 0 Å². The van der Waals surface area contributed by atoms with Gasteiger partial charge in [0.2, 0.25) is 0 Å². The molecule has 0 radical (unpaired) electrons. The van der Waals surface area contributed by atoms with Crippen molar-refractivity contribution in [2.24, 2.45) is 5.92 Å². The van der Waals surface area contributed by atoms with Crippen molar-refractivity contribution >= 4 is 34.0 Å². The van der Waals surface area contributed by atoms with E-state index in [0.29, 0.717) is 5.25 Å². The van der Waals surface area contributed by atoms with Crippen LogP contribution in [0.4, 0.5) is 0 Å². The maximum atomic E-state index is 11.1. The summed E-state index contributed by atoms with van der Waals surface area (Å²) in [5.41, 5.74) is 0. The smallest absolute Gasteiger partial charge is 0.197 e. The molecule has 10 heavy (non-hydrogen) atoms. The third kappa shape index (κ3) is 1.58. The van der Waals surface area contributed by atoms with Crippen LogP contribution in [0.1, 0.15) is 20.3 Å². The van der Waals surface area contributed by atoms with Gasteiger partial charge in [0.15, 0.2) is 5.12 Å². The zero-order valence-corrected chi connectivity index (χ0v) is 7.72. The Morgan fingerprint density at radius 2 is 2.40 bits per heavy atom. The molecule has 0 bridgehead atoms. The summed E-state index contributed by atoms with van der Waals surface area (Å²) in [6.45, 7) is 3.93. The first-order valence-corrected chi connectivity index (χ1v) is 4.61. The van der Waals surface area contributed by atoms with Crippen molar-refractivity contribution in [2.45, 2.75) is 25.5 Å². The lowest BCUT2D eigenvalue weighted by Gasteiger charge is -2.01. The molecule has 0 N–H and O–H groups in total. The van der Waals surface area contributed by atoms with Crippen LogP contribution in [-0.2, 0) is 4.79 Å². The molecule has 3 heteroatoms. The van der Waals surface area contributed by atoms with Gasteiger partial charge in [0.1, 0.15) is 0 Å². The van der Waals surface area contributed by atoms with E-state index in [0.717, 1.165) is 11.3 Å². The van der Waals surface area contributed by atoms with Crippen LogP contribution in [0.15, 0.2) is 0 Å². The van der Waals surface area contributed by atoms with Crippen molar-refractivity contribution in [3.8, 4) is 0 Å². The second-order valence-corrected chi connectivity index (χ2v) is 4.73. The highest BCUT2D eigenvalue weighted by atomic mass is 32.2. The van der Waals surface area contributed by atoms with Gasteiger partial charge in [0.05, 0.1) is 5.92 Å². The summed E-state index contributed by atoms with van der Waals surface area (Å²) in [5.74, 6) is 0.0648. The van der Waals surface area contributed by atoms with Crippen LogP contribution in [0.25, 0.3) is 0 Å². The normalized spacial score (nSPS) is 32.8. The minimum absolute atomic E-state index is 0.0648. The molecular weight excluding hydrogens is 164 g/mol. The van der Waals surface area contributed by atoms with Gasteiger partial charge >= 0.3 is 0 Å². The molecule has 1 fully saturated rings. The number of carbonyl (C=O) groups is 1. The Kier molecular flexibility index (Phi) is 2.47. The van der Waals surface area contributed by atoms with Crippen LogP contribution in [0.2, 0.25) is 0 Å². The molecule has 1 saturated heterocycles. The molecule has 2 atom stereocenters. The first-order valence-electron chi connectivity index (χ1n) is 3.32. The molecule has 1 heterocycles.